The van der Waals surface area contributed by atoms with E-state index in [2.05, 4.69) is 5.32 Å². The quantitative estimate of drug-likeness (QED) is 0.752. The van der Waals surface area contributed by atoms with Crippen molar-refractivity contribution in [2.45, 2.75) is 6.61 Å². The van der Waals surface area contributed by atoms with Crippen molar-refractivity contribution in [3.05, 3.63) is 47.9 Å². The van der Waals surface area contributed by atoms with Crippen molar-refractivity contribution in [1.82, 2.24) is 5.32 Å². The Labute approximate surface area is 87.5 Å². The lowest BCUT2D eigenvalue weighted by atomic mass is 10.2. The van der Waals surface area contributed by atoms with Gasteiger partial charge >= 0.3 is 5.97 Å². The van der Waals surface area contributed by atoms with Crippen molar-refractivity contribution in [3.63, 3.8) is 0 Å². The van der Waals surface area contributed by atoms with E-state index in [0.29, 0.717) is 12.4 Å². The van der Waals surface area contributed by atoms with Gasteiger partial charge < -0.3 is 14.8 Å². The minimum atomic E-state index is -0.392. The third-order valence-electron chi connectivity index (χ3n) is 1.98. The second kappa shape index (κ2) is 4.50. The van der Waals surface area contributed by atoms with Gasteiger partial charge in [0.1, 0.15) is 12.9 Å². The Morgan fingerprint density at radius 1 is 1.40 bits per heavy atom. The summed E-state index contributed by atoms with van der Waals surface area (Å²) in [4.78, 5) is 11.4. The Balaban J connectivity index is 1.86. The first-order valence-electron chi connectivity index (χ1n) is 4.63. The highest BCUT2D eigenvalue weighted by atomic mass is 16.5. The number of ether oxygens (including phenoxy) is 2. The minimum absolute atomic E-state index is 0.276. The summed E-state index contributed by atoms with van der Waals surface area (Å²) in [5.74, 6) is -0.392. The first-order valence-corrected chi connectivity index (χ1v) is 4.63. The largest absolute Gasteiger partial charge is 0.478 e. The molecule has 4 nitrogen and oxygen atoms in total. The van der Waals surface area contributed by atoms with Crippen molar-refractivity contribution >= 4 is 5.97 Å². The van der Waals surface area contributed by atoms with E-state index in [4.69, 9.17) is 9.47 Å². The van der Waals surface area contributed by atoms with Crippen molar-refractivity contribution in [2.75, 3.05) is 6.73 Å². The molecule has 0 saturated carbocycles. The summed E-state index contributed by atoms with van der Waals surface area (Å²) in [7, 11) is 0. The molecule has 0 saturated heterocycles. The molecule has 0 unspecified atom stereocenters. The molecule has 1 aliphatic heterocycles. The molecule has 0 spiro atoms. The summed E-state index contributed by atoms with van der Waals surface area (Å²) in [6.45, 7) is 0.606. The second-order valence-electron chi connectivity index (χ2n) is 3.08. The van der Waals surface area contributed by atoms with E-state index >= 15 is 0 Å². The van der Waals surface area contributed by atoms with E-state index in [1.165, 1.54) is 6.26 Å². The van der Waals surface area contributed by atoms with Crippen LogP contribution in [0.2, 0.25) is 0 Å². The molecule has 0 aliphatic carbocycles. The summed E-state index contributed by atoms with van der Waals surface area (Å²) >= 11 is 0. The average Bonchev–Trinajstić information content (AvgIpc) is 2.81. The van der Waals surface area contributed by atoms with E-state index in [1.807, 2.05) is 30.3 Å². The maximum Gasteiger partial charge on any atom is 0.358 e. The predicted octanol–water partition coefficient (Wildman–Crippen LogP) is 1.15. The van der Waals surface area contributed by atoms with Gasteiger partial charge in [0, 0.05) is 0 Å². The third-order valence-corrected chi connectivity index (χ3v) is 1.98. The first kappa shape index (κ1) is 9.58. The minimum Gasteiger partial charge on any atom is -0.478 e. The Bertz CT molecular complexity index is 373. The average molecular weight is 205 g/mol. The maximum absolute atomic E-state index is 11.4. The highest BCUT2D eigenvalue weighted by Gasteiger charge is 2.14. The van der Waals surface area contributed by atoms with Crippen LogP contribution in [0.15, 0.2) is 42.3 Å². The highest BCUT2D eigenvalue weighted by molar-refractivity contribution is 5.87. The highest BCUT2D eigenvalue weighted by Crippen LogP contribution is 2.05. The van der Waals surface area contributed by atoms with Crippen LogP contribution in [0.5, 0.6) is 0 Å². The van der Waals surface area contributed by atoms with Gasteiger partial charge in [-0.05, 0) is 5.56 Å². The number of benzene rings is 1. The van der Waals surface area contributed by atoms with Gasteiger partial charge in [-0.15, -0.1) is 0 Å². The number of nitrogens with one attached hydrogen (secondary N) is 1. The lowest BCUT2D eigenvalue weighted by molar-refractivity contribution is -0.140. The van der Waals surface area contributed by atoms with E-state index in [-0.39, 0.29) is 6.61 Å². The number of carbonyl (C=O) groups is 1. The molecule has 1 N–H and O–H groups in total. The van der Waals surface area contributed by atoms with Crippen LogP contribution in [0.1, 0.15) is 5.56 Å². The molecule has 1 heterocycles. The van der Waals surface area contributed by atoms with Gasteiger partial charge in [0.2, 0.25) is 0 Å². The van der Waals surface area contributed by atoms with E-state index < -0.39 is 5.97 Å². The summed E-state index contributed by atoms with van der Waals surface area (Å²) < 4.78 is 9.92. The molecule has 78 valence electrons. The van der Waals surface area contributed by atoms with Crippen LogP contribution >= 0.6 is 0 Å². The van der Waals surface area contributed by atoms with Gasteiger partial charge in [-0.1, -0.05) is 30.3 Å². The van der Waals surface area contributed by atoms with Crippen molar-refractivity contribution in [2.24, 2.45) is 0 Å². The van der Waals surface area contributed by atoms with Crippen molar-refractivity contribution in [1.29, 1.82) is 0 Å². The number of rotatable bonds is 3. The molecule has 0 atom stereocenters. The van der Waals surface area contributed by atoms with Crippen LogP contribution in [-0.2, 0) is 20.9 Å². The first-order chi connectivity index (χ1) is 7.36. The maximum atomic E-state index is 11.4. The predicted molar refractivity (Wildman–Crippen MR) is 53.4 cm³/mol. The van der Waals surface area contributed by atoms with Gasteiger partial charge in [-0.25, -0.2) is 4.79 Å². The zero-order valence-corrected chi connectivity index (χ0v) is 8.10. The van der Waals surface area contributed by atoms with E-state index in [1.54, 1.807) is 0 Å². The molecule has 1 aromatic rings. The van der Waals surface area contributed by atoms with E-state index in [0.717, 1.165) is 5.56 Å². The third kappa shape index (κ3) is 2.49. The lowest BCUT2D eigenvalue weighted by Gasteiger charge is -2.04. The van der Waals surface area contributed by atoms with Gasteiger partial charge in [0.05, 0.1) is 0 Å². The summed E-state index contributed by atoms with van der Waals surface area (Å²) in [5, 5.41) is 2.76. The van der Waals surface area contributed by atoms with Crippen molar-refractivity contribution < 1.29 is 14.3 Å². The van der Waals surface area contributed by atoms with Crippen LogP contribution in [0.3, 0.4) is 0 Å². The molecule has 0 radical (unpaired) electrons. The molecule has 0 fully saturated rings. The van der Waals surface area contributed by atoms with Gasteiger partial charge in [-0.3, -0.25) is 0 Å². The van der Waals surface area contributed by atoms with Crippen LogP contribution in [0, 0.1) is 0 Å². The van der Waals surface area contributed by atoms with Gasteiger partial charge in [0.15, 0.2) is 12.4 Å². The molecule has 15 heavy (non-hydrogen) atoms. The summed E-state index contributed by atoms with van der Waals surface area (Å²) in [5.41, 5.74) is 1.33. The molecular formula is C11H11NO3. The standard InChI is InChI=1S/C11H11NO3/c13-11(10-7-14-8-12-10)15-6-9-4-2-1-3-5-9/h1-5,7,12H,6,8H2. The summed E-state index contributed by atoms with van der Waals surface area (Å²) in [6.07, 6.45) is 1.37. The van der Waals surface area contributed by atoms with Gasteiger partial charge in [-0.2, -0.15) is 0 Å². The topological polar surface area (TPSA) is 47.6 Å². The molecule has 0 aromatic heterocycles. The number of esters is 1. The lowest BCUT2D eigenvalue weighted by Crippen LogP contribution is -2.18. The monoisotopic (exact) mass is 205 g/mol. The number of hydrogen-bond donors (Lipinski definition) is 1. The Hall–Kier alpha value is -1.97. The molecule has 0 bridgehead atoms. The van der Waals surface area contributed by atoms with Crippen LogP contribution < -0.4 is 5.32 Å². The van der Waals surface area contributed by atoms with Crippen LogP contribution in [0.25, 0.3) is 0 Å². The molecular weight excluding hydrogens is 194 g/mol. The van der Waals surface area contributed by atoms with Crippen LogP contribution in [0.4, 0.5) is 0 Å². The molecule has 0 amide bonds. The van der Waals surface area contributed by atoms with Gasteiger partial charge in [0.25, 0.3) is 0 Å². The summed E-state index contributed by atoms with van der Waals surface area (Å²) in [6, 6.07) is 9.53. The fourth-order valence-corrected chi connectivity index (χ4v) is 1.21. The fraction of sp³-hybridized carbons (Fsp3) is 0.182. The number of carbonyl (C=O) groups excluding carboxylic acids is 1. The van der Waals surface area contributed by atoms with Crippen LogP contribution in [-0.4, -0.2) is 12.7 Å². The molecule has 1 aliphatic rings. The molecule has 4 heteroatoms. The zero-order chi connectivity index (χ0) is 10.5. The fourth-order valence-electron chi connectivity index (χ4n) is 1.21. The smallest absolute Gasteiger partial charge is 0.358 e. The zero-order valence-electron chi connectivity index (χ0n) is 8.10. The Kier molecular flexibility index (Phi) is 2.88. The second-order valence-corrected chi connectivity index (χ2v) is 3.08. The number of hydrogen-bond acceptors (Lipinski definition) is 4. The SMILES string of the molecule is O=C(OCc1ccccc1)C1=COCN1. The van der Waals surface area contributed by atoms with E-state index in [9.17, 15) is 4.79 Å². The molecule has 2 rings (SSSR count). The Morgan fingerprint density at radius 3 is 2.87 bits per heavy atom. The van der Waals surface area contributed by atoms with Crippen molar-refractivity contribution in [3.8, 4) is 0 Å². The molecule has 1 aromatic carbocycles. The normalized spacial score (nSPS) is 13.7. The Morgan fingerprint density at radius 2 is 2.20 bits per heavy atom.